The smallest absolute Gasteiger partial charge is 0.315 e. The molecular formula is C16H23N3O5S. The van der Waals surface area contributed by atoms with Crippen LogP contribution in [-0.4, -0.2) is 49.1 Å². The van der Waals surface area contributed by atoms with Gasteiger partial charge in [0.25, 0.3) is 0 Å². The Morgan fingerprint density at radius 2 is 1.84 bits per heavy atom. The molecule has 1 aromatic carbocycles. The average molecular weight is 369 g/mol. The molecule has 9 heteroatoms. The first-order chi connectivity index (χ1) is 11.7. The highest BCUT2D eigenvalue weighted by atomic mass is 32.2. The van der Waals surface area contributed by atoms with Crippen LogP contribution < -0.4 is 16.0 Å². The summed E-state index contributed by atoms with van der Waals surface area (Å²) in [7, 11) is -3.09. The lowest BCUT2D eigenvalue weighted by atomic mass is 10.0. The van der Waals surface area contributed by atoms with Crippen LogP contribution in [0.3, 0.4) is 0 Å². The molecule has 0 spiro atoms. The Morgan fingerprint density at radius 3 is 2.36 bits per heavy atom. The Bertz CT molecular complexity index is 731. The SMILES string of the molecule is CC(C)[C@@H](NC(=O)NC1CCS(=O)(=O)C1)C(=O)Nc1ccc(O)cc1. The fraction of sp³-hybridized carbons (Fsp3) is 0.500. The van der Waals surface area contributed by atoms with Crippen molar-refractivity contribution in [1.29, 1.82) is 0 Å². The van der Waals surface area contributed by atoms with Gasteiger partial charge >= 0.3 is 6.03 Å². The first kappa shape index (κ1) is 19.0. The van der Waals surface area contributed by atoms with Crippen LogP contribution in [0.2, 0.25) is 0 Å². The molecule has 138 valence electrons. The van der Waals surface area contributed by atoms with Crippen LogP contribution in [0.5, 0.6) is 5.75 Å². The number of phenolic OH excluding ortho intramolecular Hbond substituents is 1. The molecule has 0 radical (unpaired) electrons. The maximum Gasteiger partial charge on any atom is 0.315 e. The minimum Gasteiger partial charge on any atom is -0.508 e. The Labute approximate surface area is 146 Å². The van der Waals surface area contributed by atoms with Crippen molar-refractivity contribution in [3.05, 3.63) is 24.3 Å². The molecule has 1 aliphatic rings. The summed E-state index contributed by atoms with van der Waals surface area (Å²) >= 11 is 0. The van der Waals surface area contributed by atoms with Crippen LogP contribution in [-0.2, 0) is 14.6 Å². The van der Waals surface area contributed by atoms with E-state index in [-0.39, 0.29) is 23.2 Å². The van der Waals surface area contributed by atoms with Crippen molar-refractivity contribution < 1.29 is 23.1 Å². The number of amides is 3. The minimum absolute atomic E-state index is 0.0624. The van der Waals surface area contributed by atoms with Gasteiger partial charge in [-0.1, -0.05) is 13.8 Å². The average Bonchev–Trinajstić information content (AvgIpc) is 2.85. The number of aromatic hydroxyl groups is 1. The van der Waals surface area contributed by atoms with Gasteiger partial charge in [0.05, 0.1) is 11.5 Å². The highest BCUT2D eigenvalue weighted by molar-refractivity contribution is 7.91. The molecule has 1 heterocycles. The summed E-state index contributed by atoms with van der Waals surface area (Å²) in [6.45, 7) is 3.59. The molecule has 0 aliphatic carbocycles. The number of carbonyl (C=O) groups excluding carboxylic acids is 2. The van der Waals surface area contributed by atoms with Gasteiger partial charge in [-0.2, -0.15) is 0 Å². The third-order valence-corrected chi connectivity index (χ3v) is 5.71. The van der Waals surface area contributed by atoms with Gasteiger partial charge in [0.2, 0.25) is 5.91 Å². The molecule has 25 heavy (non-hydrogen) atoms. The van der Waals surface area contributed by atoms with E-state index in [1.54, 1.807) is 26.0 Å². The lowest BCUT2D eigenvalue weighted by Crippen LogP contribution is -2.52. The molecule has 1 saturated heterocycles. The number of phenols is 1. The van der Waals surface area contributed by atoms with E-state index in [0.717, 1.165) is 0 Å². The summed E-state index contributed by atoms with van der Waals surface area (Å²) in [6, 6.07) is 4.20. The molecule has 0 saturated carbocycles. The largest absolute Gasteiger partial charge is 0.508 e. The van der Waals surface area contributed by atoms with E-state index in [2.05, 4.69) is 16.0 Å². The van der Waals surface area contributed by atoms with E-state index >= 15 is 0 Å². The first-order valence-corrected chi connectivity index (χ1v) is 9.86. The first-order valence-electron chi connectivity index (χ1n) is 8.03. The fourth-order valence-electron chi connectivity index (χ4n) is 2.58. The molecule has 4 N–H and O–H groups in total. The number of anilines is 1. The number of urea groups is 1. The lowest BCUT2D eigenvalue weighted by Gasteiger charge is -2.23. The maximum atomic E-state index is 12.4. The molecule has 1 unspecified atom stereocenters. The summed E-state index contributed by atoms with van der Waals surface area (Å²) in [5.74, 6) is -0.494. The maximum absolute atomic E-state index is 12.4. The number of benzene rings is 1. The zero-order valence-corrected chi connectivity index (χ0v) is 15.0. The highest BCUT2D eigenvalue weighted by Gasteiger charge is 2.30. The summed E-state index contributed by atoms with van der Waals surface area (Å²) in [6.07, 6.45) is 0.377. The second-order valence-electron chi connectivity index (χ2n) is 6.48. The van der Waals surface area contributed by atoms with Crippen LogP contribution in [0.15, 0.2) is 24.3 Å². The molecule has 1 aromatic rings. The molecular weight excluding hydrogens is 346 g/mol. The zero-order valence-electron chi connectivity index (χ0n) is 14.2. The number of hydrogen-bond acceptors (Lipinski definition) is 5. The van der Waals surface area contributed by atoms with E-state index in [0.29, 0.717) is 12.1 Å². The van der Waals surface area contributed by atoms with Crippen molar-refractivity contribution in [3.8, 4) is 5.75 Å². The molecule has 2 atom stereocenters. The third kappa shape index (κ3) is 5.63. The molecule has 1 fully saturated rings. The Morgan fingerprint density at radius 1 is 1.20 bits per heavy atom. The lowest BCUT2D eigenvalue weighted by molar-refractivity contribution is -0.118. The number of rotatable bonds is 5. The van der Waals surface area contributed by atoms with Gasteiger partial charge < -0.3 is 21.1 Å². The topological polar surface area (TPSA) is 125 Å². The van der Waals surface area contributed by atoms with E-state index in [9.17, 15) is 23.1 Å². The van der Waals surface area contributed by atoms with Gasteiger partial charge in [0.15, 0.2) is 9.84 Å². The number of carbonyl (C=O) groups is 2. The summed E-state index contributed by atoms with van der Waals surface area (Å²) in [5.41, 5.74) is 0.498. The predicted molar refractivity (Wildman–Crippen MR) is 94.1 cm³/mol. The fourth-order valence-corrected chi connectivity index (χ4v) is 4.25. The van der Waals surface area contributed by atoms with Gasteiger partial charge in [0.1, 0.15) is 11.8 Å². The predicted octanol–water partition coefficient (Wildman–Crippen LogP) is 0.842. The van der Waals surface area contributed by atoms with Gasteiger partial charge in [-0.05, 0) is 36.6 Å². The van der Waals surface area contributed by atoms with Crippen LogP contribution in [0.25, 0.3) is 0 Å². The number of nitrogens with one attached hydrogen (secondary N) is 3. The standard InChI is InChI=1S/C16H23N3O5S/c1-10(2)14(15(21)17-11-3-5-13(20)6-4-11)19-16(22)18-12-7-8-25(23,24)9-12/h3-6,10,12,14,20H,7-9H2,1-2H3,(H,17,21)(H2,18,19,22)/t12?,14-/m1/s1. The van der Waals surface area contributed by atoms with Crippen molar-refractivity contribution in [2.75, 3.05) is 16.8 Å². The Balaban J connectivity index is 1.94. The van der Waals surface area contributed by atoms with Gasteiger partial charge in [-0.3, -0.25) is 4.79 Å². The van der Waals surface area contributed by atoms with E-state index in [4.69, 9.17) is 0 Å². The van der Waals surface area contributed by atoms with Crippen LogP contribution in [0.4, 0.5) is 10.5 Å². The molecule has 2 rings (SSSR count). The Hall–Kier alpha value is -2.29. The van der Waals surface area contributed by atoms with Gasteiger partial charge in [-0.15, -0.1) is 0 Å². The van der Waals surface area contributed by atoms with E-state index < -0.39 is 33.9 Å². The molecule has 1 aliphatic heterocycles. The number of hydrogen-bond donors (Lipinski definition) is 4. The van der Waals surface area contributed by atoms with Gasteiger partial charge in [0, 0.05) is 11.7 Å². The van der Waals surface area contributed by atoms with Crippen molar-refractivity contribution in [1.82, 2.24) is 10.6 Å². The quantitative estimate of drug-likeness (QED) is 0.573. The van der Waals surface area contributed by atoms with Gasteiger partial charge in [-0.25, -0.2) is 13.2 Å². The molecule has 3 amide bonds. The van der Waals surface area contributed by atoms with Crippen molar-refractivity contribution in [2.24, 2.45) is 5.92 Å². The monoisotopic (exact) mass is 369 g/mol. The third-order valence-electron chi connectivity index (χ3n) is 3.94. The van der Waals surface area contributed by atoms with E-state index in [1.165, 1.54) is 12.1 Å². The second-order valence-corrected chi connectivity index (χ2v) is 8.70. The summed E-state index contributed by atoms with van der Waals surface area (Å²) < 4.78 is 22.9. The highest BCUT2D eigenvalue weighted by Crippen LogP contribution is 2.15. The minimum atomic E-state index is -3.09. The summed E-state index contributed by atoms with van der Waals surface area (Å²) in [4.78, 5) is 24.5. The molecule has 0 bridgehead atoms. The van der Waals surface area contributed by atoms with E-state index in [1.807, 2.05) is 0 Å². The Kier molecular flexibility index (Phi) is 5.89. The van der Waals surface area contributed by atoms with Crippen molar-refractivity contribution in [2.45, 2.75) is 32.4 Å². The van der Waals surface area contributed by atoms with Crippen LogP contribution >= 0.6 is 0 Å². The second kappa shape index (κ2) is 7.73. The number of sulfone groups is 1. The van der Waals surface area contributed by atoms with Crippen molar-refractivity contribution in [3.63, 3.8) is 0 Å². The zero-order chi connectivity index (χ0) is 18.6. The van der Waals surface area contributed by atoms with Crippen molar-refractivity contribution >= 4 is 27.5 Å². The summed E-state index contributed by atoms with van der Waals surface area (Å²) in [5, 5.41) is 17.1. The molecule has 0 aromatic heterocycles. The van der Waals surface area contributed by atoms with Crippen LogP contribution in [0.1, 0.15) is 20.3 Å². The van der Waals surface area contributed by atoms with Crippen LogP contribution in [0, 0.1) is 5.92 Å². The normalized spacial score (nSPS) is 20.0. The molecule has 8 nitrogen and oxygen atoms in total.